The van der Waals surface area contributed by atoms with Gasteiger partial charge in [0.15, 0.2) is 0 Å². The van der Waals surface area contributed by atoms with Crippen LogP contribution in [0.3, 0.4) is 0 Å². The molecule has 1 N–H and O–H groups in total. The summed E-state index contributed by atoms with van der Waals surface area (Å²) < 4.78 is 86.9. The van der Waals surface area contributed by atoms with Gasteiger partial charge in [-0.25, -0.2) is 0 Å². The Bertz CT molecular complexity index is 680. The lowest BCUT2D eigenvalue weighted by molar-refractivity contribution is -0.144. The molecule has 1 saturated carbocycles. The van der Waals surface area contributed by atoms with Gasteiger partial charge in [-0.3, -0.25) is 4.90 Å². The highest BCUT2D eigenvalue weighted by Gasteiger charge is 2.44. The molecule has 0 amide bonds. The van der Waals surface area contributed by atoms with Crippen LogP contribution in [0.4, 0.5) is 26.3 Å². The lowest BCUT2D eigenvalue weighted by atomic mass is 9.78. The molecule has 1 aliphatic heterocycles. The van der Waals surface area contributed by atoms with E-state index in [4.69, 9.17) is 4.74 Å². The number of nitrogens with one attached hydrogen (secondary N) is 1. The molecular formula is C20H27ClF6N2O. The Balaban J connectivity index is 0.00000320. The molecule has 2 fully saturated rings. The predicted molar refractivity (Wildman–Crippen MR) is 104 cm³/mol. The second-order valence-corrected chi connectivity index (χ2v) is 7.76. The molecule has 0 spiro atoms. The zero-order chi connectivity index (χ0) is 21.2. The first kappa shape index (κ1) is 25.1. The summed E-state index contributed by atoms with van der Waals surface area (Å²) in [7, 11) is 1.13. The number of rotatable bonds is 4. The number of hydrogen-bond donors (Lipinski definition) is 1. The van der Waals surface area contributed by atoms with Crippen molar-refractivity contribution in [2.24, 2.45) is 5.92 Å². The van der Waals surface area contributed by atoms with Crippen LogP contribution in [0.15, 0.2) is 12.1 Å². The molecule has 0 unspecified atom stereocenters. The van der Waals surface area contributed by atoms with Crippen molar-refractivity contribution in [1.29, 1.82) is 0 Å². The van der Waals surface area contributed by atoms with Gasteiger partial charge in [0, 0.05) is 37.8 Å². The van der Waals surface area contributed by atoms with Gasteiger partial charge in [0.05, 0.1) is 18.2 Å². The Morgan fingerprint density at radius 2 is 1.57 bits per heavy atom. The van der Waals surface area contributed by atoms with Crippen molar-refractivity contribution in [3.05, 3.63) is 28.8 Å². The molecule has 1 aromatic carbocycles. The average Bonchev–Trinajstić information content (AvgIpc) is 2.68. The van der Waals surface area contributed by atoms with Crippen molar-refractivity contribution in [3.8, 4) is 5.75 Å². The summed E-state index contributed by atoms with van der Waals surface area (Å²) >= 11 is 0. The lowest BCUT2D eigenvalue weighted by Crippen LogP contribution is -2.47. The van der Waals surface area contributed by atoms with E-state index in [1.54, 1.807) is 0 Å². The fourth-order valence-corrected chi connectivity index (χ4v) is 4.63. The standard InChI is InChI=1S/C20H26F6N2O.ClH/c1-29-16-12-14(19(21,22)23)11-15(20(24,25)26)17(16)18(13-5-3-2-4-6-13)28-9-7-27-8-10-28;/h11-13,18,27H,2-10H2,1H3;1H/t18-;/m1./s1. The summed E-state index contributed by atoms with van der Waals surface area (Å²) in [5.74, 6) is -0.380. The van der Waals surface area contributed by atoms with Gasteiger partial charge in [-0.15, -0.1) is 12.4 Å². The molecule has 0 aromatic heterocycles. The summed E-state index contributed by atoms with van der Waals surface area (Å²) in [6.07, 6.45) is -5.42. The van der Waals surface area contributed by atoms with E-state index < -0.39 is 29.5 Å². The van der Waals surface area contributed by atoms with Crippen LogP contribution in [-0.2, 0) is 12.4 Å². The topological polar surface area (TPSA) is 24.5 Å². The number of piperazine rings is 1. The number of ether oxygens (including phenoxy) is 1. The quantitative estimate of drug-likeness (QED) is 0.585. The molecular weight excluding hydrogens is 434 g/mol. The normalized spacial score (nSPS) is 20.5. The van der Waals surface area contributed by atoms with Gasteiger partial charge in [0.1, 0.15) is 5.75 Å². The van der Waals surface area contributed by atoms with Crippen molar-refractivity contribution in [2.75, 3.05) is 33.3 Å². The van der Waals surface area contributed by atoms with Gasteiger partial charge in [0.25, 0.3) is 0 Å². The fraction of sp³-hybridized carbons (Fsp3) is 0.700. The molecule has 0 bridgehead atoms. The Morgan fingerprint density at radius 1 is 0.967 bits per heavy atom. The Kier molecular flexibility index (Phi) is 8.32. The number of hydrogen-bond acceptors (Lipinski definition) is 3. The van der Waals surface area contributed by atoms with Crippen LogP contribution in [0.25, 0.3) is 0 Å². The molecule has 30 heavy (non-hydrogen) atoms. The fourth-order valence-electron chi connectivity index (χ4n) is 4.63. The van der Waals surface area contributed by atoms with Crippen LogP contribution in [0, 0.1) is 5.92 Å². The number of alkyl halides is 6. The van der Waals surface area contributed by atoms with Crippen LogP contribution >= 0.6 is 12.4 Å². The molecule has 2 aliphatic rings. The largest absolute Gasteiger partial charge is 0.496 e. The van der Waals surface area contributed by atoms with Crippen LogP contribution in [0.2, 0.25) is 0 Å². The third-order valence-electron chi connectivity index (χ3n) is 5.93. The van der Waals surface area contributed by atoms with E-state index in [0.717, 1.165) is 39.2 Å². The van der Waals surface area contributed by atoms with E-state index in [1.165, 1.54) is 0 Å². The van der Waals surface area contributed by atoms with Gasteiger partial charge in [-0.05, 0) is 30.9 Å². The Labute approximate surface area is 178 Å². The summed E-state index contributed by atoms with van der Waals surface area (Å²) in [5, 5.41) is 3.18. The van der Waals surface area contributed by atoms with Crippen molar-refractivity contribution in [2.45, 2.75) is 50.5 Å². The highest BCUT2D eigenvalue weighted by atomic mass is 35.5. The molecule has 1 saturated heterocycles. The van der Waals surface area contributed by atoms with E-state index in [2.05, 4.69) is 5.32 Å². The number of nitrogens with zero attached hydrogens (tertiary/aromatic N) is 1. The number of halogens is 7. The van der Waals surface area contributed by atoms with Crippen molar-refractivity contribution in [3.63, 3.8) is 0 Å². The van der Waals surface area contributed by atoms with Crippen molar-refractivity contribution < 1.29 is 31.1 Å². The second-order valence-electron chi connectivity index (χ2n) is 7.76. The monoisotopic (exact) mass is 460 g/mol. The molecule has 3 rings (SSSR count). The predicted octanol–water partition coefficient (Wildman–Crippen LogP) is 5.68. The third-order valence-corrected chi connectivity index (χ3v) is 5.93. The van der Waals surface area contributed by atoms with Crippen LogP contribution < -0.4 is 10.1 Å². The summed E-state index contributed by atoms with van der Waals surface area (Å²) in [6, 6.07) is 0.338. The third kappa shape index (κ3) is 5.53. The molecule has 172 valence electrons. The highest BCUT2D eigenvalue weighted by molar-refractivity contribution is 5.85. The zero-order valence-electron chi connectivity index (χ0n) is 16.7. The molecule has 1 atom stereocenters. The smallest absolute Gasteiger partial charge is 0.416 e. The Morgan fingerprint density at radius 3 is 2.07 bits per heavy atom. The van der Waals surface area contributed by atoms with Crippen LogP contribution in [0.1, 0.15) is 54.8 Å². The molecule has 0 radical (unpaired) electrons. The van der Waals surface area contributed by atoms with Crippen LogP contribution in [0.5, 0.6) is 5.75 Å². The molecule has 1 aromatic rings. The first-order valence-electron chi connectivity index (χ1n) is 9.94. The highest BCUT2D eigenvalue weighted by Crippen LogP contribution is 2.49. The number of methoxy groups -OCH3 is 1. The van der Waals surface area contributed by atoms with E-state index in [1.807, 2.05) is 4.90 Å². The summed E-state index contributed by atoms with van der Waals surface area (Å²) in [6.45, 7) is 2.35. The first-order valence-corrected chi connectivity index (χ1v) is 9.94. The first-order chi connectivity index (χ1) is 13.6. The van der Waals surface area contributed by atoms with E-state index in [9.17, 15) is 26.3 Å². The Hall–Kier alpha value is -1.19. The number of benzene rings is 1. The van der Waals surface area contributed by atoms with Gasteiger partial charge >= 0.3 is 12.4 Å². The summed E-state index contributed by atoms with van der Waals surface area (Å²) in [5.41, 5.74) is -2.73. The minimum Gasteiger partial charge on any atom is -0.496 e. The maximum Gasteiger partial charge on any atom is 0.416 e. The molecule has 3 nitrogen and oxygen atoms in total. The minimum atomic E-state index is -4.91. The van der Waals surface area contributed by atoms with E-state index in [0.29, 0.717) is 32.2 Å². The van der Waals surface area contributed by atoms with E-state index in [-0.39, 0.29) is 35.7 Å². The van der Waals surface area contributed by atoms with Crippen LogP contribution in [-0.4, -0.2) is 38.2 Å². The maximum absolute atomic E-state index is 14.0. The molecule has 10 heteroatoms. The van der Waals surface area contributed by atoms with E-state index >= 15 is 0 Å². The lowest BCUT2D eigenvalue weighted by Gasteiger charge is -2.42. The minimum absolute atomic E-state index is 0. The summed E-state index contributed by atoms with van der Waals surface area (Å²) in [4.78, 5) is 1.98. The second kappa shape index (κ2) is 9.96. The molecule has 1 heterocycles. The van der Waals surface area contributed by atoms with Gasteiger partial charge in [-0.2, -0.15) is 26.3 Å². The van der Waals surface area contributed by atoms with Gasteiger partial charge < -0.3 is 10.1 Å². The van der Waals surface area contributed by atoms with Gasteiger partial charge in [0.2, 0.25) is 0 Å². The molecule has 1 aliphatic carbocycles. The average molecular weight is 461 g/mol. The maximum atomic E-state index is 14.0. The van der Waals surface area contributed by atoms with Crippen molar-refractivity contribution in [1.82, 2.24) is 10.2 Å². The zero-order valence-corrected chi connectivity index (χ0v) is 17.5. The van der Waals surface area contributed by atoms with Gasteiger partial charge in [-0.1, -0.05) is 19.3 Å². The van der Waals surface area contributed by atoms with Crippen molar-refractivity contribution >= 4 is 12.4 Å². The SMILES string of the molecule is COc1cc(C(F)(F)F)cc(C(F)(F)F)c1[C@@H](C1CCCCC1)N1CCNCC1.Cl.